The lowest BCUT2D eigenvalue weighted by molar-refractivity contribution is -0.115. The summed E-state index contributed by atoms with van der Waals surface area (Å²) in [6.07, 6.45) is 0.725. The van der Waals surface area contributed by atoms with Gasteiger partial charge in [0.05, 0.1) is 12.2 Å². The number of nitrogens with one attached hydrogen (secondary N) is 1. The van der Waals surface area contributed by atoms with E-state index >= 15 is 0 Å². The Balaban J connectivity index is 1.43. The van der Waals surface area contributed by atoms with E-state index in [-0.39, 0.29) is 18.5 Å². The minimum absolute atomic E-state index is 0.195. The van der Waals surface area contributed by atoms with E-state index in [9.17, 15) is 9.59 Å². The predicted octanol–water partition coefficient (Wildman–Crippen LogP) is 6.54. The van der Waals surface area contributed by atoms with Gasteiger partial charge in [-0.25, -0.2) is 4.79 Å². The summed E-state index contributed by atoms with van der Waals surface area (Å²) in [7, 11) is 0. The quantitative estimate of drug-likeness (QED) is 0.138. The lowest BCUT2D eigenvalue weighted by Gasteiger charge is -2.27. The minimum Gasteiger partial charge on any atom is -0.462 e. The van der Waals surface area contributed by atoms with Crippen molar-refractivity contribution in [3.8, 4) is 0 Å². The Morgan fingerprint density at radius 1 is 1.05 bits per heavy atom. The van der Waals surface area contributed by atoms with Crippen LogP contribution in [-0.2, 0) is 29.0 Å². The number of carbonyl (C=O) groups is 2. The van der Waals surface area contributed by atoms with Crippen LogP contribution in [-0.4, -0.2) is 29.9 Å². The third-order valence-electron chi connectivity index (χ3n) is 6.55. The monoisotopic (exact) mass is 557 g/mol. The molecule has 2 heterocycles. The number of nitrogens with zero attached hydrogens (tertiary/aromatic N) is 1. The summed E-state index contributed by atoms with van der Waals surface area (Å²) in [5, 5.41) is 3.14. The molecule has 1 aliphatic rings. The van der Waals surface area contributed by atoms with Crippen LogP contribution in [0.5, 0.6) is 0 Å². The molecule has 3 aromatic carbocycles. The summed E-state index contributed by atoms with van der Waals surface area (Å²) >= 11 is 2.91. The van der Waals surface area contributed by atoms with Gasteiger partial charge < -0.3 is 15.8 Å². The molecule has 5 rings (SSSR count). The van der Waals surface area contributed by atoms with Crippen LogP contribution in [0.3, 0.4) is 0 Å². The van der Waals surface area contributed by atoms with Gasteiger partial charge in [0, 0.05) is 35.1 Å². The number of hydrogen-bond acceptors (Lipinski definition) is 7. The number of nitrogen functional groups attached to an aromatic ring is 1. The van der Waals surface area contributed by atoms with Crippen LogP contribution in [0.4, 0.5) is 10.7 Å². The van der Waals surface area contributed by atoms with Crippen molar-refractivity contribution in [3.63, 3.8) is 0 Å². The summed E-state index contributed by atoms with van der Waals surface area (Å²) in [6.45, 7) is 4.45. The highest BCUT2D eigenvalue weighted by Gasteiger charge is 2.31. The number of anilines is 2. The fourth-order valence-electron chi connectivity index (χ4n) is 4.74. The van der Waals surface area contributed by atoms with Crippen molar-refractivity contribution in [3.05, 3.63) is 112 Å². The number of hydrogen-bond donors (Lipinski definition) is 2. The summed E-state index contributed by atoms with van der Waals surface area (Å²) in [5.74, 6) is -0.583. The number of fused-ring (bicyclic) bond motifs is 1. The van der Waals surface area contributed by atoms with Crippen molar-refractivity contribution in [2.24, 2.45) is 0 Å². The van der Waals surface area contributed by atoms with E-state index in [1.54, 1.807) is 6.92 Å². The molecule has 0 bridgehead atoms. The van der Waals surface area contributed by atoms with Crippen molar-refractivity contribution in [2.45, 2.75) is 36.6 Å². The highest BCUT2D eigenvalue weighted by Crippen LogP contribution is 2.41. The van der Waals surface area contributed by atoms with E-state index in [0.717, 1.165) is 47.0 Å². The Morgan fingerprint density at radius 2 is 1.79 bits per heavy atom. The summed E-state index contributed by atoms with van der Waals surface area (Å²) in [5.41, 5.74) is 10.2. The van der Waals surface area contributed by atoms with Crippen LogP contribution in [0.2, 0.25) is 0 Å². The van der Waals surface area contributed by atoms with Gasteiger partial charge in [0.2, 0.25) is 5.91 Å². The number of thioether (sulfide) groups is 1. The number of benzene rings is 3. The molecule has 0 saturated carbocycles. The lowest BCUT2D eigenvalue weighted by atomic mass is 10.0. The first-order valence-corrected chi connectivity index (χ1v) is 14.7. The number of amides is 1. The maximum atomic E-state index is 13.8. The van der Waals surface area contributed by atoms with Gasteiger partial charge in [0.15, 0.2) is 0 Å². The second kappa shape index (κ2) is 12.5. The fourth-order valence-corrected chi connectivity index (χ4v) is 7.12. The van der Waals surface area contributed by atoms with Crippen molar-refractivity contribution in [1.29, 1.82) is 0 Å². The maximum Gasteiger partial charge on any atom is 0.341 e. The van der Waals surface area contributed by atoms with Gasteiger partial charge in [0.25, 0.3) is 0 Å². The van der Waals surface area contributed by atoms with E-state index in [1.165, 1.54) is 28.7 Å². The Kier molecular flexibility index (Phi) is 8.66. The molecule has 200 valence electrons. The summed E-state index contributed by atoms with van der Waals surface area (Å²) in [4.78, 5) is 31.3. The van der Waals surface area contributed by atoms with Gasteiger partial charge in [-0.05, 0) is 48.2 Å². The van der Waals surface area contributed by atoms with Crippen LogP contribution >= 0.6 is 23.1 Å². The maximum absolute atomic E-state index is 13.8. The summed E-state index contributed by atoms with van der Waals surface area (Å²) in [6, 6.07) is 27.5. The van der Waals surface area contributed by atoms with E-state index in [1.807, 2.05) is 72.8 Å². The normalized spacial score (nSPS) is 13.9. The second-order valence-electron chi connectivity index (χ2n) is 9.34. The third kappa shape index (κ3) is 6.53. The lowest BCUT2D eigenvalue weighted by Crippen LogP contribution is -2.30. The molecule has 4 aromatic rings. The van der Waals surface area contributed by atoms with Gasteiger partial charge >= 0.3 is 5.97 Å². The molecule has 6 nitrogen and oxygen atoms in total. The van der Waals surface area contributed by atoms with E-state index in [0.29, 0.717) is 16.3 Å². The molecule has 0 saturated heterocycles. The Bertz CT molecular complexity index is 1440. The first-order valence-electron chi connectivity index (χ1n) is 13.0. The fraction of sp³-hybridized carbons (Fsp3) is 0.226. The molecular formula is C31H31N3O3S2. The van der Waals surface area contributed by atoms with Crippen molar-refractivity contribution in [2.75, 3.05) is 24.2 Å². The second-order valence-corrected chi connectivity index (χ2v) is 11.6. The number of carbonyl (C=O) groups excluding carboxylic acids is 2. The van der Waals surface area contributed by atoms with Crippen LogP contribution in [0, 0.1) is 0 Å². The molecule has 39 heavy (non-hydrogen) atoms. The Hall–Kier alpha value is -3.59. The van der Waals surface area contributed by atoms with E-state index < -0.39 is 5.25 Å². The molecular weight excluding hydrogens is 526 g/mol. The molecule has 1 unspecified atom stereocenters. The van der Waals surface area contributed by atoms with Gasteiger partial charge in [0.1, 0.15) is 10.3 Å². The first-order chi connectivity index (χ1) is 19.0. The molecule has 0 radical (unpaired) electrons. The number of rotatable bonds is 9. The van der Waals surface area contributed by atoms with Crippen molar-refractivity contribution >= 4 is 45.7 Å². The third-order valence-corrected chi connectivity index (χ3v) is 8.93. The first kappa shape index (κ1) is 27.0. The Labute approximate surface area is 237 Å². The molecule has 0 aliphatic carbocycles. The standard InChI is InChI=1S/C31H31N3O3S2/c1-2-37-31(36)27-25-16-17-34(19-21-10-5-3-6-11-21)20-26(25)39-30(27)33-29(35)28(22-12-7-4-8-13-22)38-24-15-9-14-23(32)18-24/h3-15,18,28H,2,16-17,19-20,32H2,1H3,(H,33,35). The van der Waals surface area contributed by atoms with Gasteiger partial charge in [-0.3, -0.25) is 9.69 Å². The number of nitrogens with two attached hydrogens (primary N) is 1. The molecule has 1 amide bonds. The van der Waals surface area contributed by atoms with Crippen LogP contribution in [0.15, 0.2) is 89.8 Å². The van der Waals surface area contributed by atoms with Crippen LogP contribution in [0.25, 0.3) is 0 Å². The summed E-state index contributed by atoms with van der Waals surface area (Å²) < 4.78 is 5.43. The smallest absolute Gasteiger partial charge is 0.341 e. The number of thiophene rings is 1. The molecule has 1 aliphatic heterocycles. The number of esters is 1. The molecule has 0 fully saturated rings. The molecule has 3 N–H and O–H groups in total. The van der Waals surface area contributed by atoms with Crippen molar-refractivity contribution < 1.29 is 14.3 Å². The van der Waals surface area contributed by atoms with Gasteiger partial charge in [-0.15, -0.1) is 23.1 Å². The highest BCUT2D eigenvalue weighted by molar-refractivity contribution is 8.00. The molecule has 1 aromatic heterocycles. The van der Waals surface area contributed by atoms with Gasteiger partial charge in [-0.2, -0.15) is 0 Å². The Morgan fingerprint density at radius 3 is 2.51 bits per heavy atom. The number of ether oxygens (including phenoxy) is 1. The van der Waals surface area contributed by atoms with E-state index in [4.69, 9.17) is 10.5 Å². The van der Waals surface area contributed by atoms with Crippen LogP contribution in [0.1, 0.15) is 44.1 Å². The molecule has 1 atom stereocenters. The topological polar surface area (TPSA) is 84.7 Å². The largest absolute Gasteiger partial charge is 0.462 e. The minimum atomic E-state index is -0.531. The molecule has 8 heteroatoms. The SMILES string of the molecule is CCOC(=O)c1c(NC(=O)C(Sc2cccc(N)c2)c2ccccc2)sc2c1CCN(Cc1ccccc1)C2. The average Bonchev–Trinajstić information content (AvgIpc) is 3.30. The van der Waals surface area contributed by atoms with Crippen LogP contribution < -0.4 is 11.1 Å². The van der Waals surface area contributed by atoms with E-state index in [2.05, 4.69) is 22.3 Å². The predicted molar refractivity (Wildman–Crippen MR) is 159 cm³/mol. The zero-order valence-electron chi connectivity index (χ0n) is 21.8. The zero-order valence-corrected chi connectivity index (χ0v) is 23.4. The van der Waals surface area contributed by atoms with Gasteiger partial charge in [-0.1, -0.05) is 66.7 Å². The molecule has 0 spiro atoms. The average molecular weight is 558 g/mol. The van der Waals surface area contributed by atoms with Crippen molar-refractivity contribution in [1.82, 2.24) is 4.90 Å². The zero-order chi connectivity index (χ0) is 27.2. The highest BCUT2D eigenvalue weighted by atomic mass is 32.2.